The van der Waals surface area contributed by atoms with Crippen molar-refractivity contribution in [2.75, 3.05) is 19.8 Å². The molecule has 0 radical (unpaired) electrons. The highest BCUT2D eigenvalue weighted by atomic mass is 31.2. The maximum Gasteiger partial charge on any atom is 0.472 e. The van der Waals surface area contributed by atoms with Crippen LogP contribution >= 0.6 is 7.82 Å². The van der Waals surface area contributed by atoms with Crippen molar-refractivity contribution < 1.29 is 62.8 Å². The predicted octanol–water partition coefficient (Wildman–Crippen LogP) is 8.64. The number of hydrogen-bond acceptors (Lipinski definition) is 12. The van der Waals surface area contributed by atoms with Gasteiger partial charge in [0.2, 0.25) is 0 Å². The van der Waals surface area contributed by atoms with Gasteiger partial charge in [-0.1, -0.05) is 151 Å². The Morgan fingerprint density at radius 2 is 1.16 bits per heavy atom. The molecule has 0 spiro atoms. The number of carboxylic acid groups (broad SMARTS) is 1. The highest BCUT2D eigenvalue weighted by Gasteiger charge is 2.28. The van der Waals surface area contributed by atoms with Gasteiger partial charge in [-0.15, -0.1) is 0 Å². The lowest BCUT2D eigenvalue weighted by atomic mass is 10.1. The van der Waals surface area contributed by atoms with Crippen molar-refractivity contribution in [2.24, 2.45) is 5.73 Å². The molecule has 0 bridgehead atoms. The third kappa shape index (κ3) is 38.2. The number of carbonyl (C=O) groups excluding carboxylic acids is 2. The van der Waals surface area contributed by atoms with Gasteiger partial charge >= 0.3 is 25.7 Å². The van der Waals surface area contributed by atoms with Crippen molar-refractivity contribution in [3.8, 4) is 0 Å². The maximum absolute atomic E-state index is 12.7. The molecule has 6 atom stereocenters. The number of carboxylic acids is 1. The van der Waals surface area contributed by atoms with E-state index in [0.29, 0.717) is 6.42 Å². The summed E-state index contributed by atoms with van der Waals surface area (Å²) in [5.74, 6) is -2.77. The Labute approximate surface area is 365 Å². The molecule has 0 amide bonds. The molecule has 7 N–H and O–H groups in total. The maximum atomic E-state index is 12.7. The lowest BCUT2D eigenvalue weighted by molar-refractivity contribution is -0.161. The molecule has 1 unspecified atom stereocenters. The molecule has 0 aromatic heterocycles. The van der Waals surface area contributed by atoms with E-state index in [1.165, 1.54) is 25.3 Å². The number of ether oxygens (including phenoxy) is 2. The number of unbranched alkanes of at least 4 members (excludes halogenated alkanes) is 12. The van der Waals surface area contributed by atoms with E-state index in [0.717, 1.165) is 83.5 Å². The van der Waals surface area contributed by atoms with Crippen molar-refractivity contribution in [1.29, 1.82) is 0 Å². The van der Waals surface area contributed by atoms with Crippen LogP contribution in [0.2, 0.25) is 0 Å². The molecule has 61 heavy (non-hydrogen) atoms. The van der Waals surface area contributed by atoms with Gasteiger partial charge in [0.25, 0.3) is 0 Å². The lowest BCUT2D eigenvalue weighted by Crippen LogP contribution is -2.34. The van der Waals surface area contributed by atoms with Crippen LogP contribution in [0.15, 0.2) is 72.9 Å². The summed E-state index contributed by atoms with van der Waals surface area (Å²) in [4.78, 5) is 46.0. The topological polar surface area (TPSA) is 232 Å². The van der Waals surface area contributed by atoms with Crippen LogP contribution < -0.4 is 5.73 Å². The fourth-order valence-electron chi connectivity index (χ4n) is 5.59. The first-order chi connectivity index (χ1) is 29.3. The fraction of sp³-hybridized carbons (Fsp3) is 0.674. The first-order valence-electron chi connectivity index (χ1n) is 22.3. The lowest BCUT2D eigenvalue weighted by Gasteiger charge is -2.20. The second-order valence-electron chi connectivity index (χ2n) is 15.0. The van der Waals surface area contributed by atoms with Gasteiger partial charge in [0.15, 0.2) is 6.10 Å². The SMILES string of the molecule is CCCCC/C=C\C/C=C\CCCCCCCCCC(=O)OC[C@H](COP(=O)(O)OC[C@H](N)C(=O)O)OC(=O)CCC[C@H](O)[C@@H](O)/C=C/C=C/C=C\C=C\[C@@H](O)CCCCC. The van der Waals surface area contributed by atoms with Crippen LogP contribution in [0.4, 0.5) is 0 Å². The summed E-state index contributed by atoms with van der Waals surface area (Å²) in [6, 6.07) is -1.58. The Morgan fingerprint density at radius 1 is 0.623 bits per heavy atom. The molecule has 0 aromatic rings. The van der Waals surface area contributed by atoms with Crippen molar-refractivity contribution in [3.63, 3.8) is 0 Å². The van der Waals surface area contributed by atoms with Gasteiger partial charge in [-0.3, -0.25) is 23.4 Å². The third-order valence-corrected chi connectivity index (χ3v) is 10.2. The van der Waals surface area contributed by atoms with E-state index < -0.39 is 76.0 Å². The van der Waals surface area contributed by atoms with E-state index in [9.17, 15) is 39.2 Å². The summed E-state index contributed by atoms with van der Waals surface area (Å²) in [7, 11) is -4.82. The number of aliphatic hydroxyl groups is 3. The standard InChI is InChI=1S/C46H78NO13P/c1-3-5-7-8-9-10-11-12-13-14-15-16-17-18-19-24-28-34-44(51)57-36-40(37-58-61(55,56)59-38-41(47)46(53)54)60-45(52)35-29-33-43(50)42(49)32-27-23-21-20-22-26-31-39(48)30-25-6-4-2/h9-10,12-13,20-23,26-27,31-32,39-43,48-50H,3-8,11,14-19,24-25,28-30,33-38,47H2,1-2H3,(H,53,54)(H,55,56)/b10-9-,13-12-,22-20-,23-21+,31-26+,32-27+/t39-,40+,41-,42-,43-/m0/s1. The molecule has 0 aliphatic heterocycles. The van der Waals surface area contributed by atoms with Gasteiger partial charge in [-0.25, -0.2) is 4.57 Å². The van der Waals surface area contributed by atoms with Gasteiger partial charge in [-0.05, 0) is 57.8 Å². The molecule has 0 rings (SSSR count). The first-order valence-corrected chi connectivity index (χ1v) is 23.8. The molecule has 0 fully saturated rings. The molecule has 15 heteroatoms. The van der Waals surface area contributed by atoms with Gasteiger partial charge in [0.05, 0.1) is 31.5 Å². The quantitative estimate of drug-likeness (QED) is 0.0111. The fourth-order valence-corrected chi connectivity index (χ4v) is 6.37. The van der Waals surface area contributed by atoms with E-state index in [2.05, 4.69) is 42.7 Å². The Morgan fingerprint density at radius 3 is 1.80 bits per heavy atom. The summed E-state index contributed by atoms with van der Waals surface area (Å²) in [6.07, 6.45) is 36.1. The van der Waals surface area contributed by atoms with Crippen molar-refractivity contribution in [3.05, 3.63) is 72.9 Å². The second kappa shape index (κ2) is 39.6. The molecule has 14 nitrogen and oxygen atoms in total. The minimum atomic E-state index is -4.82. The highest BCUT2D eigenvalue weighted by molar-refractivity contribution is 7.47. The van der Waals surface area contributed by atoms with E-state index in [1.54, 1.807) is 42.5 Å². The molecule has 0 aliphatic rings. The number of aliphatic carboxylic acids is 1. The molecular weight excluding hydrogens is 805 g/mol. The van der Waals surface area contributed by atoms with E-state index in [-0.39, 0.29) is 25.7 Å². The molecule has 0 heterocycles. The second-order valence-corrected chi connectivity index (χ2v) is 16.5. The molecule has 0 aliphatic carbocycles. The molecule has 0 saturated carbocycles. The Bertz CT molecular complexity index is 1360. The average molecular weight is 884 g/mol. The van der Waals surface area contributed by atoms with Crippen LogP contribution in [0.25, 0.3) is 0 Å². The zero-order chi connectivity index (χ0) is 45.4. The van der Waals surface area contributed by atoms with Gasteiger partial charge < -0.3 is 40.5 Å². The predicted molar refractivity (Wildman–Crippen MR) is 239 cm³/mol. The first kappa shape index (κ1) is 57.8. The summed E-state index contributed by atoms with van der Waals surface area (Å²) < 4.78 is 32.5. The van der Waals surface area contributed by atoms with E-state index >= 15 is 0 Å². The zero-order valence-electron chi connectivity index (χ0n) is 36.8. The molecule has 0 saturated heterocycles. The number of hydrogen-bond donors (Lipinski definition) is 6. The number of nitrogens with two attached hydrogens (primary N) is 1. The summed E-state index contributed by atoms with van der Waals surface area (Å²) in [5.41, 5.74) is 5.31. The van der Waals surface area contributed by atoms with Crippen LogP contribution in [-0.2, 0) is 37.5 Å². The van der Waals surface area contributed by atoms with E-state index in [1.807, 2.05) is 0 Å². The molecule has 350 valence electrons. The minimum absolute atomic E-state index is 0.0456. The van der Waals surface area contributed by atoms with Gasteiger partial charge in [-0.2, -0.15) is 0 Å². The minimum Gasteiger partial charge on any atom is -0.480 e. The number of aliphatic hydroxyl groups excluding tert-OH is 3. The van der Waals surface area contributed by atoms with Crippen LogP contribution in [-0.4, -0.2) is 93.5 Å². The third-order valence-electron chi connectivity index (χ3n) is 9.29. The highest BCUT2D eigenvalue weighted by Crippen LogP contribution is 2.43. The number of esters is 2. The summed E-state index contributed by atoms with van der Waals surface area (Å²) in [5, 5.41) is 39.4. The largest absolute Gasteiger partial charge is 0.480 e. The number of allylic oxidation sites excluding steroid dienone is 10. The van der Waals surface area contributed by atoms with Gasteiger partial charge in [0.1, 0.15) is 12.6 Å². The van der Waals surface area contributed by atoms with Crippen LogP contribution in [0.1, 0.15) is 149 Å². The van der Waals surface area contributed by atoms with Crippen molar-refractivity contribution in [2.45, 2.75) is 179 Å². The Kier molecular flexibility index (Phi) is 37.6. The Balaban J connectivity index is 4.70. The van der Waals surface area contributed by atoms with Crippen LogP contribution in [0, 0.1) is 0 Å². The Hall–Kier alpha value is -3.20. The average Bonchev–Trinajstić information content (AvgIpc) is 3.22. The normalized spacial score (nSPS) is 15.9. The molecular formula is C46H78NO13P. The number of phosphoric ester groups is 1. The monoisotopic (exact) mass is 884 g/mol. The van der Waals surface area contributed by atoms with Crippen LogP contribution in [0.3, 0.4) is 0 Å². The van der Waals surface area contributed by atoms with Gasteiger partial charge in [0, 0.05) is 12.8 Å². The zero-order valence-corrected chi connectivity index (χ0v) is 37.7. The van der Waals surface area contributed by atoms with Crippen molar-refractivity contribution >= 4 is 25.7 Å². The number of rotatable bonds is 40. The smallest absolute Gasteiger partial charge is 0.472 e. The number of carbonyl (C=O) groups is 3. The number of phosphoric acid groups is 1. The van der Waals surface area contributed by atoms with Crippen molar-refractivity contribution in [1.82, 2.24) is 0 Å². The van der Waals surface area contributed by atoms with E-state index in [4.69, 9.17) is 24.8 Å². The van der Waals surface area contributed by atoms with Crippen LogP contribution in [0.5, 0.6) is 0 Å². The summed E-state index contributed by atoms with van der Waals surface area (Å²) >= 11 is 0. The molecule has 0 aromatic carbocycles. The summed E-state index contributed by atoms with van der Waals surface area (Å²) in [6.45, 7) is 2.30.